The van der Waals surface area contributed by atoms with Gasteiger partial charge in [0.2, 0.25) is 11.5 Å². The first kappa shape index (κ1) is 21.9. The summed E-state index contributed by atoms with van der Waals surface area (Å²) in [6.45, 7) is 0. The van der Waals surface area contributed by atoms with Gasteiger partial charge in [-0.1, -0.05) is 36.4 Å². The lowest BCUT2D eigenvalue weighted by atomic mass is 10.1. The molecule has 1 unspecified atom stereocenters. The van der Waals surface area contributed by atoms with Gasteiger partial charge in [0.1, 0.15) is 11.9 Å². The summed E-state index contributed by atoms with van der Waals surface area (Å²) in [5, 5.41) is 10.6. The second kappa shape index (κ2) is 7.99. The van der Waals surface area contributed by atoms with Gasteiger partial charge in [0.15, 0.2) is 29.1 Å². The summed E-state index contributed by atoms with van der Waals surface area (Å²) in [4.78, 5) is 21.8. The van der Waals surface area contributed by atoms with E-state index in [-0.39, 0.29) is 23.1 Å². The van der Waals surface area contributed by atoms with E-state index in [0.29, 0.717) is 11.3 Å². The summed E-state index contributed by atoms with van der Waals surface area (Å²) < 4.78 is 63.6. The number of aliphatic hydroxyl groups is 1. The largest absolute Gasteiger partial charge is 0.416 e. The molecule has 5 aromatic rings. The zero-order valence-electron chi connectivity index (χ0n) is 18.0. The Balaban J connectivity index is 1.55. The van der Waals surface area contributed by atoms with E-state index >= 15 is 0 Å². The van der Waals surface area contributed by atoms with Gasteiger partial charge in [-0.05, 0) is 30.3 Å². The normalized spacial score (nSPS) is 16.3. The summed E-state index contributed by atoms with van der Waals surface area (Å²) >= 11 is 0. The number of carbonyl (C=O) groups is 1. The first-order chi connectivity index (χ1) is 17.4. The molecule has 0 aliphatic heterocycles. The molecule has 6 rings (SSSR count). The van der Waals surface area contributed by atoms with Crippen molar-refractivity contribution in [3.63, 3.8) is 0 Å². The van der Waals surface area contributed by atoms with Gasteiger partial charge < -0.3 is 9.52 Å². The van der Waals surface area contributed by atoms with E-state index < -0.39 is 51.9 Å². The summed E-state index contributed by atoms with van der Waals surface area (Å²) in [6.07, 6.45) is -0.953. The van der Waals surface area contributed by atoms with Gasteiger partial charge in [0.05, 0.1) is 5.56 Å². The second-order valence-corrected chi connectivity index (χ2v) is 8.03. The number of rotatable bonds is 3. The Bertz CT molecular complexity index is 1710. The molecule has 1 N–H and O–H groups in total. The Morgan fingerprint density at radius 2 is 1.50 bits per heavy atom. The smallest absolute Gasteiger partial charge is 0.267 e. The maximum atomic E-state index is 14.4. The number of oxazole rings is 1. The van der Waals surface area contributed by atoms with Gasteiger partial charge >= 0.3 is 0 Å². The number of para-hydroxylation sites is 1. The molecule has 0 bridgehead atoms. The minimum Gasteiger partial charge on any atom is -0.416 e. The minimum atomic E-state index is -2.13. The maximum absolute atomic E-state index is 14.4. The molecule has 178 valence electrons. The van der Waals surface area contributed by atoms with Crippen LogP contribution in [0.4, 0.5) is 17.6 Å². The quantitative estimate of drug-likeness (QED) is 0.155. The number of benzene rings is 3. The molecule has 0 fully saturated rings. The van der Waals surface area contributed by atoms with Crippen molar-refractivity contribution in [3.05, 3.63) is 106 Å². The molecule has 2 aromatic heterocycles. The highest BCUT2D eigenvalue weighted by atomic mass is 19.2. The van der Waals surface area contributed by atoms with E-state index in [0.717, 1.165) is 6.08 Å². The van der Waals surface area contributed by atoms with Crippen LogP contribution in [0.1, 0.15) is 27.8 Å². The summed E-state index contributed by atoms with van der Waals surface area (Å²) in [7, 11) is 0. The Morgan fingerprint density at radius 1 is 0.861 bits per heavy atom. The molecule has 0 saturated carbocycles. The van der Waals surface area contributed by atoms with E-state index in [2.05, 4.69) is 9.97 Å². The fourth-order valence-electron chi connectivity index (χ4n) is 4.25. The van der Waals surface area contributed by atoms with Crippen LogP contribution >= 0.6 is 0 Å². The zero-order valence-corrected chi connectivity index (χ0v) is 18.0. The predicted molar refractivity (Wildman–Crippen MR) is 120 cm³/mol. The number of halogens is 4. The number of imidazole rings is 1. The van der Waals surface area contributed by atoms with Crippen molar-refractivity contribution < 1.29 is 31.9 Å². The molecule has 1 aliphatic rings. The molecule has 6 nitrogen and oxygen atoms in total. The van der Waals surface area contributed by atoms with E-state index in [1.807, 2.05) is 18.2 Å². The number of nitrogens with zero attached hydrogens (tertiary/aromatic N) is 3. The first-order valence-corrected chi connectivity index (χ1v) is 10.7. The van der Waals surface area contributed by atoms with E-state index in [9.17, 15) is 27.5 Å². The molecular formula is C26H13F4N3O3. The monoisotopic (exact) mass is 491 g/mol. The third-order valence-corrected chi connectivity index (χ3v) is 5.93. The number of Topliss-reactive ketones (excluding diaryl/α,β-unsaturated/α-hetero) is 1. The molecule has 36 heavy (non-hydrogen) atoms. The molecule has 0 radical (unpaired) electrons. The molecule has 0 saturated heterocycles. The van der Waals surface area contributed by atoms with E-state index in [1.165, 1.54) is 4.57 Å². The second-order valence-electron chi connectivity index (χ2n) is 8.03. The van der Waals surface area contributed by atoms with E-state index in [1.54, 1.807) is 42.5 Å². The highest BCUT2D eigenvalue weighted by Crippen LogP contribution is 2.41. The number of hydrogen-bond acceptors (Lipinski definition) is 5. The number of fused-ring (bicyclic) bond motifs is 2. The Kier molecular flexibility index (Phi) is 4.87. The molecule has 0 amide bonds. The predicted octanol–water partition coefficient (Wildman–Crippen LogP) is 5.55. The standard InChI is InChI=1S/C26H13F4N3O3/c27-18-16-17(19(28)21(30)20(18)29)23(35)14(22(16)34)11-15-31-26-24(33(15)13-9-5-2-6-10-13)32-25(36-26)12-7-3-1-4-8-12/h1-11,22,34H/b14-11-. The number of ketones is 1. The first-order valence-electron chi connectivity index (χ1n) is 10.7. The van der Waals surface area contributed by atoms with Crippen LogP contribution in [0.2, 0.25) is 0 Å². The highest BCUT2D eigenvalue weighted by molar-refractivity contribution is 6.16. The summed E-state index contributed by atoms with van der Waals surface area (Å²) in [5.74, 6) is -8.80. The lowest BCUT2D eigenvalue weighted by Gasteiger charge is -2.08. The summed E-state index contributed by atoms with van der Waals surface area (Å²) in [5.41, 5.74) is -0.908. The topological polar surface area (TPSA) is 81.2 Å². The van der Waals surface area contributed by atoms with Crippen molar-refractivity contribution in [3.8, 4) is 17.1 Å². The van der Waals surface area contributed by atoms with Crippen LogP contribution < -0.4 is 0 Å². The maximum Gasteiger partial charge on any atom is 0.267 e. The number of hydrogen-bond donors (Lipinski definition) is 1. The van der Waals surface area contributed by atoms with Gasteiger partial charge in [0.25, 0.3) is 5.71 Å². The lowest BCUT2D eigenvalue weighted by Crippen LogP contribution is -2.07. The molecule has 0 spiro atoms. The lowest BCUT2D eigenvalue weighted by molar-refractivity contribution is 0.101. The van der Waals surface area contributed by atoms with Crippen LogP contribution in [0, 0.1) is 23.3 Å². The average Bonchev–Trinajstić information content (AvgIpc) is 3.53. The number of aliphatic hydroxyl groups excluding tert-OH is 1. The third-order valence-electron chi connectivity index (χ3n) is 5.93. The van der Waals surface area contributed by atoms with Crippen molar-refractivity contribution in [2.75, 3.05) is 0 Å². The van der Waals surface area contributed by atoms with Crippen molar-refractivity contribution in [2.45, 2.75) is 6.10 Å². The van der Waals surface area contributed by atoms with Crippen LogP contribution in [0.5, 0.6) is 0 Å². The van der Waals surface area contributed by atoms with Crippen LogP contribution in [0.15, 0.2) is 70.7 Å². The Labute approximate surface area is 199 Å². The fraction of sp³-hybridized carbons (Fsp3) is 0.0385. The van der Waals surface area contributed by atoms with Crippen molar-refractivity contribution in [2.24, 2.45) is 0 Å². The number of aromatic nitrogens is 3. The Hall–Kier alpha value is -4.57. The molecule has 1 aliphatic carbocycles. The van der Waals surface area contributed by atoms with Gasteiger partial charge in [0, 0.05) is 22.4 Å². The van der Waals surface area contributed by atoms with Crippen LogP contribution in [0.25, 0.3) is 34.6 Å². The van der Waals surface area contributed by atoms with Crippen LogP contribution in [-0.4, -0.2) is 25.4 Å². The van der Waals surface area contributed by atoms with Crippen molar-refractivity contribution in [1.29, 1.82) is 0 Å². The third kappa shape index (κ3) is 3.11. The molecule has 3 aromatic carbocycles. The van der Waals surface area contributed by atoms with Crippen molar-refractivity contribution >= 4 is 23.2 Å². The highest BCUT2D eigenvalue weighted by Gasteiger charge is 2.42. The summed E-state index contributed by atoms with van der Waals surface area (Å²) in [6, 6.07) is 17.8. The van der Waals surface area contributed by atoms with Gasteiger partial charge in [-0.2, -0.15) is 9.97 Å². The van der Waals surface area contributed by atoms with Crippen LogP contribution in [-0.2, 0) is 0 Å². The number of carbonyl (C=O) groups excluding carboxylic acids is 1. The fourth-order valence-corrected chi connectivity index (χ4v) is 4.25. The Morgan fingerprint density at radius 3 is 2.19 bits per heavy atom. The zero-order chi connectivity index (χ0) is 25.1. The van der Waals surface area contributed by atoms with Gasteiger partial charge in [-0.3, -0.25) is 9.36 Å². The van der Waals surface area contributed by atoms with Gasteiger partial charge in [-0.15, -0.1) is 0 Å². The van der Waals surface area contributed by atoms with E-state index in [4.69, 9.17) is 4.42 Å². The molecule has 10 heteroatoms. The van der Waals surface area contributed by atoms with Gasteiger partial charge in [-0.25, -0.2) is 17.6 Å². The molecular weight excluding hydrogens is 478 g/mol. The molecule has 1 atom stereocenters. The SMILES string of the molecule is O=C1/C(=C\c2nc3oc(-c4ccccc4)nc3n2-c2ccccc2)C(O)c2c(F)c(F)c(F)c(F)c21. The minimum absolute atomic E-state index is 0.0408. The van der Waals surface area contributed by atoms with Crippen molar-refractivity contribution in [1.82, 2.24) is 14.5 Å². The van der Waals surface area contributed by atoms with Crippen LogP contribution in [0.3, 0.4) is 0 Å². The average molecular weight is 491 g/mol. The molecule has 2 heterocycles.